The van der Waals surface area contributed by atoms with Crippen LogP contribution in [0.3, 0.4) is 0 Å². The summed E-state index contributed by atoms with van der Waals surface area (Å²) in [6, 6.07) is 16.2. The Bertz CT molecular complexity index is 1640. The number of aldehydes is 1. The molecule has 2 aromatic carbocycles. The van der Waals surface area contributed by atoms with Gasteiger partial charge in [0.2, 0.25) is 0 Å². The molecular weight excluding hydrogens is 440 g/mol. The first-order valence-corrected chi connectivity index (χ1v) is 11.4. The number of hydrogen-bond acceptors (Lipinski definition) is 5. The molecule has 5 rings (SSSR count). The van der Waals surface area contributed by atoms with Gasteiger partial charge in [0.05, 0.1) is 23.3 Å². The lowest BCUT2D eigenvalue weighted by Gasteiger charge is -2.12. The van der Waals surface area contributed by atoms with Crippen LogP contribution in [-0.2, 0) is 13.0 Å². The van der Waals surface area contributed by atoms with Gasteiger partial charge in [-0.2, -0.15) is 0 Å². The van der Waals surface area contributed by atoms with E-state index < -0.39 is 5.97 Å². The first kappa shape index (κ1) is 22.4. The van der Waals surface area contributed by atoms with Crippen molar-refractivity contribution in [3.05, 3.63) is 88.4 Å². The van der Waals surface area contributed by atoms with Crippen LogP contribution in [0.5, 0.6) is 0 Å². The van der Waals surface area contributed by atoms with Crippen LogP contribution < -0.4 is 0 Å². The number of rotatable bonds is 6. The van der Waals surface area contributed by atoms with Crippen LogP contribution in [0.1, 0.15) is 50.3 Å². The highest BCUT2D eigenvalue weighted by atomic mass is 16.4. The normalized spacial score (nSPS) is 11.3. The van der Waals surface area contributed by atoms with Crippen molar-refractivity contribution < 1.29 is 14.7 Å². The Hall–Kier alpha value is -4.39. The van der Waals surface area contributed by atoms with Crippen molar-refractivity contribution in [3.63, 3.8) is 0 Å². The van der Waals surface area contributed by atoms with Crippen molar-refractivity contribution in [1.29, 1.82) is 0 Å². The average Bonchev–Trinajstić information content (AvgIpc) is 3.20. The van der Waals surface area contributed by atoms with Crippen molar-refractivity contribution in [2.75, 3.05) is 0 Å². The smallest absolute Gasteiger partial charge is 0.336 e. The SMILES string of the molecule is CCc1nc2c(C)cc(C)nc2n1Cc1ccc2nc(-c3ccccc3C=O)cc(C(=O)O)c2c1. The highest BCUT2D eigenvalue weighted by Crippen LogP contribution is 2.28. The molecule has 0 bridgehead atoms. The van der Waals surface area contributed by atoms with E-state index in [0.717, 1.165) is 46.5 Å². The Morgan fingerprint density at radius 1 is 1.03 bits per heavy atom. The van der Waals surface area contributed by atoms with Gasteiger partial charge < -0.3 is 9.67 Å². The number of imidazole rings is 1. The Labute approximate surface area is 202 Å². The van der Waals surface area contributed by atoms with E-state index in [1.54, 1.807) is 24.3 Å². The lowest BCUT2D eigenvalue weighted by Crippen LogP contribution is -2.07. The summed E-state index contributed by atoms with van der Waals surface area (Å²) in [6.07, 6.45) is 1.51. The fourth-order valence-electron chi connectivity index (χ4n) is 4.59. The van der Waals surface area contributed by atoms with Crippen molar-refractivity contribution in [1.82, 2.24) is 19.5 Å². The third-order valence-corrected chi connectivity index (χ3v) is 6.23. The lowest BCUT2D eigenvalue weighted by atomic mass is 10.00. The van der Waals surface area contributed by atoms with Gasteiger partial charge in [-0.15, -0.1) is 0 Å². The minimum Gasteiger partial charge on any atom is -0.478 e. The van der Waals surface area contributed by atoms with E-state index in [1.807, 2.05) is 38.1 Å². The van der Waals surface area contributed by atoms with Crippen molar-refractivity contribution >= 4 is 34.3 Å². The van der Waals surface area contributed by atoms with Crippen LogP contribution >= 0.6 is 0 Å². The van der Waals surface area contributed by atoms with Gasteiger partial charge in [0.25, 0.3) is 0 Å². The van der Waals surface area contributed by atoms with Gasteiger partial charge in [0.1, 0.15) is 11.3 Å². The van der Waals surface area contributed by atoms with Gasteiger partial charge in [-0.3, -0.25) is 4.79 Å². The quantitative estimate of drug-likeness (QED) is 0.339. The Kier molecular flexibility index (Phi) is 5.61. The van der Waals surface area contributed by atoms with E-state index >= 15 is 0 Å². The van der Waals surface area contributed by atoms with Gasteiger partial charge in [0.15, 0.2) is 11.9 Å². The summed E-state index contributed by atoms with van der Waals surface area (Å²) < 4.78 is 2.10. The van der Waals surface area contributed by atoms with E-state index in [-0.39, 0.29) is 5.56 Å². The monoisotopic (exact) mass is 464 g/mol. The number of pyridine rings is 2. The molecule has 0 amide bonds. The van der Waals surface area contributed by atoms with Gasteiger partial charge in [-0.1, -0.05) is 37.3 Å². The van der Waals surface area contributed by atoms with Gasteiger partial charge in [-0.25, -0.2) is 19.7 Å². The molecule has 0 radical (unpaired) electrons. The summed E-state index contributed by atoms with van der Waals surface area (Å²) in [4.78, 5) is 37.9. The Morgan fingerprint density at radius 2 is 1.83 bits per heavy atom. The maximum atomic E-state index is 12.2. The molecule has 0 saturated carbocycles. The number of nitrogens with zero attached hydrogens (tertiary/aromatic N) is 4. The van der Waals surface area contributed by atoms with Crippen LogP contribution in [0.25, 0.3) is 33.3 Å². The summed E-state index contributed by atoms with van der Waals surface area (Å²) in [7, 11) is 0. The zero-order chi connectivity index (χ0) is 24.7. The van der Waals surface area contributed by atoms with Crippen molar-refractivity contribution in [3.8, 4) is 11.3 Å². The number of carboxylic acids is 1. The summed E-state index contributed by atoms with van der Waals surface area (Å²) in [5.74, 6) is -0.117. The minimum atomic E-state index is -1.05. The molecule has 0 aliphatic rings. The number of fused-ring (bicyclic) bond motifs is 2. The van der Waals surface area contributed by atoms with Crippen LogP contribution in [0, 0.1) is 13.8 Å². The topological polar surface area (TPSA) is 98.0 Å². The second kappa shape index (κ2) is 8.76. The average molecular weight is 465 g/mol. The zero-order valence-electron chi connectivity index (χ0n) is 19.7. The fraction of sp³-hybridized carbons (Fsp3) is 0.179. The number of benzene rings is 2. The Morgan fingerprint density at radius 3 is 2.57 bits per heavy atom. The molecule has 7 nitrogen and oxygen atoms in total. The van der Waals surface area contributed by atoms with Crippen LogP contribution in [0.2, 0.25) is 0 Å². The maximum Gasteiger partial charge on any atom is 0.336 e. The van der Waals surface area contributed by atoms with E-state index in [4.69, 9.17) is 9.97 Å². The molecule has 0 aliphatic heterocycles. The summed E-state index contributed by atoms with van der Waals surface area (Å²) >= 11 is 0. The van der Waals surface area contributed by atoms with Gasteiger partial charge in [0, 0.05) is 28.6 Å². The maximum absolute atomic E-state index is 12.2. The van der Waals surface area contributed by atoms with Gasteiger partial charge >= 0.3 is 5.97 Å². The van der Waals surface area contributed by atoms with Crippen LogP contribution in [0.15, 0.2) is 54.6 Å². The molecule has 3 aromatic heterocycles. The van der Waals surface area contributed by atoms with E-state index in [1.165, 1.54) is 6.07 Å². The van der Waals surface area contributed by atoms with Crippen molar-refractivity contribution in [2.45, 2.75) is 33.7 Å². The molecule has 174 valence electrons. The highest BCUT2D eigenvalue weighted by Gasteiger charge is 2.17. The number of aromatic carboxylic acids is 1. The number of aromatic nitrogens is 4. The first-order valence-electron chi connectivity index (χ1n) is 11.4. The number of aryl methyl sites for hydroxylation is 3. The molecule has 5 aromatic rings. The number of hydrogen-bond donors (Lipinski definition) is 1. The van der Waals surface area contributed by atoms with E-state index in [2.05, 4.69) is 16.5 Å². The molecular formula is C28H24N4O3. The fourth-order valence-corrected chi connectivity index (χ4v) is 4.59. The van der Waals surface area contributed by atoms with E-state index in [9.17, 15) is 14.7 Å². The standard InChI is InChI=1S/C28H24N4O3/c1-4-25-31-26-16(2)11-17(3)29-27(26)32(25)14-18-9-10-23-21(12-18)22(28(34)35)13-24(30-23)20-8-6-5-7-19(20)15-33/h5-13,15H,4,14H2,1-3H3,(H,34,35). The van der Waals surface area contributed by atoms with E-state index in [0.29, 0.717) is 34.3 Å². The predicted molar refractivity (Wildman–Crippen MR) is 135 cm³/mol. The molecule has 1 N–H and O–H groups in total. The molecule has 3 heterocycles. The highest BCUT2D eigenvalue weighted by molar-refractivity contribution is 6.04. The van der Waals surface area contributed by atoms with Crippen LogP contribution in [-0.4, -0.2) is 36.9 Å². The summed E-state index contributed by atoms with van der Waals surface area (Å²) in [6.45, 7) is 6.58. The lowest BCUT2D eigenvalue weighted by molar-refractivity contribution is 0.0699. The number of carbonyl (C=O) groups excluding carboxylic acids is 1. The number of carbonyl (C=O) groups is 2. The molecule has 0 fully saturated rings. The molecule has 0 unspecified atom stereocenters. The summed E-state index contributed by atoms with van der Waals surface area (Å²) in [5, 5.41) is 10.5. The molecule has 0 spiro atoms. The van der Waals surface area contributed by atoms with Crippen molar-refractivity contribution in [2.24, 2.45) is 0 Å². The van der Waals surface area contributed by atoms with Crippen LogP contribution in [0.4, 0.5) is 0 Å². The summed E-state index contributed by atoms with van der Waals surface area (Å²) in [5.41, 5.74) is 6.88. The molecule has 0 atom stereocenters. The number of carboxylic acid groups (broad SMARTS) is 1. The zero-order valence-corrected chi connectivity index (χ0v) is 19.7. The second-order valence-electron chi connectivity index (χ2n) is 8.64. The largest absolute Gasteiger partial charge is 0.478 e. The molecule has 0 saturated heterocycles. The second-order valence-corrected chi connectivity index (χ2v) is 8.64. The molecule has 7 heteroatoms. The minimum absolute atomic E-state index is 0.142. The Balaban J connectivity index is 1.65. The predicted octanol–water partition coefficient (Wildman–Crippen LogP) is 5.38. The molecule has 35 heavy (non-hydrogen) atoms. The third kappa shape index (κ3) is 3.95. The first-order chi connectivity index (χ1) is 16.9. The van der Waals surface area contributed by atoms with Gasteiger partial charge in [-0.05, 0) is 49.2 Å². The molecule has 0 aliphatic carbocycles. The third-order valence-electron chi connectivity index (χ3n) is 6.23.